The maximum atomic E-state index is 4.50. The van der Waals surface area contributed by atoms with Crippen molar-refractivity contribution in [3.05, 3.63) is 42.1 Å². The first-order chi connectivity index (χ1) is 10.2. The Hall–Kier alpha value is -1.41. The van der Waals surface area contributed by atoms with Crippen LogP contribution >= 0.6 is 0 Å². The number of nitrogens with zero attached hydrogens (tertiary/aromatic N) is 1. The summed E-state index contributed by atoms with van der Waals surface area (Å²) in [6.45, 7) is 4.81. The quantitative estimate of drug-likeness (QED) is 0.892. The Bertz CT molecular complexity index is 602. The molecule has 1 aliphatic carbocycles. The van der Waals surface area contributed by atoms with Gasteiger partial charge in [-0.05, 0) is 55.3 Å². The summed E-state index contributed by atoms with van der Waals surface area (Å²) in [6, 6.07) is 11.1. The topological polar surface area (TPSA) is 24.9 Å². The Morgan fingerprint density at radius 3 is 2.67 bits per heavy atom. The molecule has 4 unspecified atom stereocenters. The van der Waals surface area contributed by atoms with Crippen molar-refractivity contribution in [1.29, 1.82) is 0 Å². The fraction of sp³-hybridized carbons (Fsp3) is 0.526. The van der Waals surface area contributed by atoms with Crippen LogP contribution in [0, 0.1) is 17.8 Å². The number of nitrogens with one attached hydrogen (secondary N) is 1. The highest BCUT2D eigenvalue weighted by Crippen LogP contribution is 2.40. The minimum absolute atomic E-state index is 0.438. The van der Waals surface area contributed by atoms with Crippen LogP contribution in [0.1, 0.15) is 44.7 Å². The fourth-order valence-electron chi connectivity index (χ4n) is 3.93. The Morgan fingerprint density at radius 2 is 1.90 bits per heavy atom. The normalized spacial score (nSPS) is 27.7. The number of hydrogen-bond donors (Lipinski definition) is 1. The maximum absolute atomic E-state index is 4.50. The van der Waals surface area contributed by atoms with Gasteiger partial charge in [-0.25, -0.2) is 0 Å². The van der Waals surface area contributed by atoms with Crippen LogP contribution in [0.2, 0.25) is 0 Å². The average Bonchev–Trinajstić information content (AvgIpc) is 2.52. The van der Waals surface area contributed by atoms with Gasteiger partial charge in [0.25, 0.3) is 0 Å². The summed E-state index contributed by atoms with van der Waals surface area (Å²) in [4.78, 5) is 4.50. The van der Waals surface area contributed by atoms with E-state index < -0.39 is 0 Å². The summed E-state index contributed by atoms with van der Waals surface area (Å²) in [5, 5.41) is 4.88. The molecule has 0 radical (unpaired) electrons. The van der Waals surface area contributed by atoms with Gasteiger partial charge in [0.15, 0.2) is 0 Å². The molecule has 1 N–H and O–H groups in total. The zero-order chi connectivity index (χ0) is 14.8. The molecule has 1 aromatic carbocycles. The van der Waals surface area contributed by atoms with Crippen molar-refractivity contribution < 1.29 is 0 Å². The third-order valence-corrected chi connectivity index (χ3v) is 5.44. The predicted molar refractivity (Wildman–Crippen MR) is 89.2 cm³/mol. The highest BCUT2D eigenvalue weighted by Gasteiger charge is 2.30. The van der Waals surface area contributed by atoms with Gasteiger partial charge in [-0.3, -0.25) is 4.98 Å². The number of hydrogen-bond acceptors (Lipinski definition) is 2. The van der Waals surface area contributed by atoms with Gasteiger partial charge >= 0.3 is 0 Å². The van der Waals surface area contributed by atoms with Crippen LogP contribution in [-0.4, -0.2) is 12.0 Å². The second kappa shape index (κ2) is 6.15. The molecule has 21 heavy (non-hydrogen) atoms. The van der Waals surface area contributed by atoms with Crippen molar-refractivity contribution in [1.82, 2.24) is 10.3 Å². The van der Waals surface area contributed by atoms with Crippen molar-refractivity contribution in [3.8, 4) is 0 Å². The predicted octanol–water partition coefficient (Wildman–Crippen LogP) is 4.57. The minimum Gasteiger partial charge on any atom is -0.313 e. The Balaban J connectivity index is 1.95. The lowest BCUT2D eigenvalue weighted by molar-refractivity contribution is 0.175. The highest BCUT2D eigenvalue weighted by atomic mass is 14.9. The monoisotopic (exact) mass is 282 g/mol. The summed E-state index contributed by atoms with van der Waals surface area (Å²) >= 11 is 0. The van der Waals surface area contributed by atoms with E-state index in [4.69, 9.17) is 0 Å². The summed E-state index contributed by atoms with van der Waals surface area (Å²) in [5.41, 5.74) is 2.52. The molecule has 2 aromatic rings. The van der Waals surface area contributed by atoms with Gasteiger partial charge in [0.1, 0.15) is 0 Å². The smallest absolute Gasteiger partial charge is 0.0705 e. The van der Waals surface area contributed by atoms with Gasteiger partial charge in [-0.15, -0.1) is 0 Å². The lowest BCUT2D eigenvalue weighted by Crippen LogP contribution is -2.31. The summed E-state index contributed by atoms with van der Waals surface area (Å²) in [7, 11) is 2.10. The van der Waals surface area contributed by atoms with Crippen LogP contribution in [-0.2, 0) is 0 Å². The second-order valence-electron chi connectivity index (χ2n) is 6.71. The molecule has 112 valence electrons. The average molecular weight is 282 g/mol. The molecule has 0 amide bonds. The van der Waals surface area contributed by atoms with Gasteiger partial charge in [-0.2, -0.15) is 0 Å². The second-order valence-corrected chi connectivity index (χ2v) is 6.71. The number of fused-ring (bicyclic) bond motifs is 1. The van der Waals surface area contributed by atoms with Crippen molar-refractivity contribution in [2.75, 3.05) is 7.05 Å². The molecule has 1 fully saturated rings. The van der Waals surface area contributed by atoms with E-state index in [-0.39, 0.29) is 0 Å². The van der Waals surface area contributed by atoms with E-state index in [2.05, 4.69) is 61.5 Å². The Kier molecular flexibility index (Phi) is 4.25. The van der Waals surface area contributed by atoms with E-state index in [0.29, 0.717) is 6.04 Å². The third kappa shape index (κ3) is 2.82. The first-order valence-electron chi connectivity index (χ1n) is 8.21. The zero-order valence-electron chi connectivity index (χ0n) is 13.3. The van der Waals surface area contributed by atoms with Gasteiger partial charge in [0.2, 0.25) is 0 Å². The number of para-hydroxylation sites is 1. The van der Waals surface area contributed by atoms with Crippen molar-refractivity contribution in [2.45, 2.75) is 39.2 Å². The molecule has 3 rings (SSSR count). The molecule has 1 saturated carbocycles. The Morgan fingerprint density at radius 1 is 1.10 bits per heavy atom. The van der Waals surface area contributed by atoms with Crippen LogP contribution < -0.4 is 5.32 Å². The molecule has 0 bridgehead atoms. The van der Waals surface area contributed by atoms with Crippen LogP contribution in [0.3, 0.4) is 0 Å². The molecule has 1 aromatic heterocycles. The van der Waals surface area contributed by atoms with Crippen molar-refractivity contribution in [3.63, 3.8) is 0 Å². The molecule has 0 spiro atoms. The molecule has 0 saturated heterocycles. The van der Waals surface area contributed by atoms with Gasteiger partial charge in [-0.1, -0.05) is 38.5 Å². The van der Waals surface area contributed by atoms with Crippen molar-refractivity contribution in [2.24, 2.45) is 17.8 Å². The first kappa shape index (κ1) is 14.5. The molecule has 1 heterocycles. The number of benzene rings is 1. The third-order valence-electron chi connectivity index (χ3n) is 5.44. The standard InChI is InChI=1S/C19H26N2/c1-13-8-9-15(12-14(13)2)19(20-3)17-10-11-21-18-7-5-4-6-16(17)18/h4-7,10-11,13-15,19-20H,8-9,12H2,1-3H3. The molecular formula is C19H26N2. The number of rotatable bonds is 3. The molecule has 2 heteroatoms. The van der Waals surface area contributed by atoms with Crippen LogP contribution in [0.15, 0.2) is 36.5 Å². The van der Waals surface area contributed by atoms with Gasteiger partial charge in [0, 0.05) is 17.6 Å². The van der Waals surface area contributed by atoms with E-state index in [9.17, 15) is 0 Å². The van der Waals surface area contributed by atoms with Crippen LogP contribution in [0.25, 0.3) is 10.9 Å². The SMILES string of the molecule is CNC(c1ccnc2ccccc12)C1CCC(C)C(C)C1. The minimum atomic E-state index is 0.438. The first-order valence-corrected chi connectivity index (χ1v) is 8.21. The van der Waals surface area contributed by atoms with Crippen molar-refractivity contribution >= 4 is 10.9 Å². The number of pyridine rings is 1. The van der Waals surface area contributed by atoms with Crippen LogP contribution in [0.4, 0.5) is 0 Å². The molecule has 0 aliphatic heterocycles. The fourth-order valence-corrected chi connectivity index (χ4v) is 3.93. The maximum Gasteiger partial charge on any atom is 0.0705 e. The van der Waals surface area contributed by atoms with Gasteiger partial charge in [0.05, 0.1) is 5.52 Å². The van der Waals surface area contributed by atoms with E-state index in [1.54, 1.807) is 0 Å². The van der Waals surface area contributed by atoms with E-state index in [1.165, 1.54) is 30.2 Å². The largest absolute Gasteiger partial charge is 0.313 e. The van der Waals surface area contributed by atoms with E-state index in [0.717, 1.165) is 23.3 Å². The molecule has 2 nitrogen and oxygen atoms in total. The highest BCUT2D eigenvalue weighted by molar-refractivity contribution is 5.82. The lowest BCUT2D eigenvalue weighted by Gasteiger charge is -2.37. The summed E-state index contributed by atoms with van der Waals surface area (Å²) in [6.07, 6.45) is 5.96. The molecule has 4 atom stereocenters. The lowest BCUT2D eigenvalue weighted by atomic mass is 9.72. The molecule has 1 aliphatic rings. The summed E-state index contributed by atoms with van der Waals surface area (Å²) < 4.78 is 0. The van der Waals surface area contributed by atoms with E-state index in [1.807, 2.05) is 6.20 Å². The van der Waals surface area contributed by atoms with Gasteiger partial charge < -0.3 is 5.32 Å². The number of aromatic nitrogens is 1. The van der Waals surface area contributed by atoms with E-state index >= 15 is 0 Å². The Labute approximate surface area is 128 Å². The molecular weight excluding hydrogens is 256 g/mol. The zero-order valence-corrected chi connectivity index (χ0v) is 13.3. The van der Waals surface area contributed by atoms with Crippen LogP contribution in [0.5, 0.6) is 0 Å². The summed E-state index contributed by atoms with van der Waals surface area (Å²) in [5.74, 6) is 2.42.